The third kappa shape index (κ3) is 3.36. The number of rotatable bonds is 5. The van der Waals surface area contributed by atoms with Crippen molar-refractivity contribution in [3.63, 3.8) is 0 Å². The molecule has 1 aromatic heterocycles. The Hall–Kier alpha value is -2.50. The van der Waals surface area contributed by atoms with E-state index < -0.39 is 17.6 Å². The lowest BCUT2D eigenvalue weighted by Crippen LogP contribution is -2.57. The van der Waals surface area contributed by atoms with Crippen molar-refractivity contribution < 1.29 is 19.1 Å². The third-order valence-electron chi connectivity index (χ3n) is 7.62. The molecule has 6 heteroatoms. The molecule has 4 fully saturated rings. The monoisotopic (exact) mass is 410 g/mol. The minimum Gasteiger partial charge on any atom is -0.467 e. The number of esters is 1. The molecule has 0 spiro atoms. The van der Waals surface area contributed by atoms with Gasteiger partial charge in [-0.3, -0.25) is 0 Å². The van der Waals surface area contributed by atoms with Gasteiger partial charge in [0, 0.05) is 23.5 Å². The summed E-state index contributed by atoms with van der Waals surface area (Å²) in [4.78, 5) is 28.8. The molecule has 2 aromatic rings. The lowest BCUT2D eigenvalue weighted by molar-refractivity contribution is -0.148. The van der Waals surface area contributed by atoms with Crippen LogP contribution in [-0.4, -0.2) is 35.8 Å². The molecule has 0 radical (unpaired) electrons. The summed E-state index contributed by atoms with van der Waals surface area (Å²) in [6.07, 6.45) is 7.73. The Kier molecular flexibility index (Phi) is 4.75. The Bertz CT molecular complexity index is 939. The number of H-pyrrole nitrogens is 1. The molecule has 160 valence electrons. The van der Waals surface area contributed by atoms with Crippen LogP contribution in [0.3, 0.4) is 0 Å². The SMILES string of the molecule is COC(=O)[C@@](C)(Cc1c[nH]c2ccccc12)NC(=O)OC1C2CC3CC(C2)CC1C3. The van der Waals surface area contributed by atoms with Crippen molar-refractivity contribution in [3.05, 3.63) is 36.0 Å². The number of amides is 1. The van der Waals surface area contributed by atoms with Crippen molar-refractivity contribution in [1.29, 1.82) is 0 Å². The van der Waals surface area contributed by atoms with Crippen molar-refractivity contribution in [2.75, 3.05) is 7.11 Å². The van der Waals surface area contributed by atoms with Crippen LogP contribution in [0.2, 0.25) is 0 Å². The van der Waals surface area contributed by atoms with E-state index in [1.807, 2.05) is 30.5 Å². The van der Waals surface area contributed by atoms with E-state index in [1.165, 1.54) is 39.2 Å². The number of hydrogen-bond acceptors (Lipinski definition) is 4. The van der Waals surface area contributed by atoms with E-state index in [4.69, 9.17) is 9.47 Å². The molecule has 30 heavy (non-hydrogen) atoms. The molecule has 6 nitrogen and oxygen atoms in total. The van der Waals surface area contributed by atoms with Crippen LogP contribution in [0.4, 0.5) is 4.79 Å². The van der Waals surface area contributed by atoms with Crippen LogP contribution >= 0.6 is 0 Å². The number of alkyl carbamates (subject to hydrolysis) is 1. The molecule has 4 aliphatic carbocycles. The van der Waals surface area contributed by atoms with Crippen molar-refractivity contribution >= 4 is 23.0 Å². The van der Waals surface area contributed by atoms with Crippen molar-refractivity contribution in [2.45, 2.75) is 57.1 Å². The van der Waals surface area contributed by atoms with Gasteiger partial charge in [-0.25, -0.2) is 9.59 Å². The highest BCUT2D eigenvalue weighted by atomic mass is 16.6. The van der Waals surface area contributed by atoms with Gasteiger partial charge in [-0.1, -0.05) is 18.2 Å². The summed E-state index contributed by atoms with van der Waals surface area (Å²) < 4.78 is 11.0. The predicted molar refractivity (Wildman–Crippen MR) is 113 cm³/mol. The van der Waals surface area contributed by atoms with Crippen LogP contribution in [-0.2, 0) is 20.7 Å². The average molecular weight is 411 g/mol. The number of benzene rings is 1. The summed E-state index contributed by atoms with van der Waals surface area (Å²) >= 11 is 0. The number of nitrogens with one attached hydrogen (secondary N) is 2. The topological polar surface area (TPSA) is 80.4 Å². The van der Waals surface area contributed by atoms with Gasteiger partial charge >= 0.3 is 12.1 Å². The predicted octanol–water partition coefficient (Wildman–Crippen LogP) is 4.19. The van der Waals surface area contributed by atoms with Crippen molar-refractivity contribution in [1.82, 2.24) is 10.3 Å². The molecule has 4 saturated carbocycles. The molecule has 0 unspecified atom stereocenters. The molecule has 1 heterocycles. The van der Waals surface area contributed by atoms with Gasteiger partial charge in [0.2, 0.25) is 0 Å². The number of carbonyl (C=O) groups is 2. The summed E-state index contributed by atoms with van der Waals surface area (Å²) in [5, 5.41) is 3.89. The first-order valence-corrected chi connectivity index (χ1v) is 11.1. The number of hydrogen-bond donors (Lipinski definition) is 2. The number of methoxy groups -OCH3 is 1. The molecule has 4 bridgehead atoms. The average Bonchev–Trinajstić information content (AvgIpc) is 3.12. The maximum atomic E-state index is 12.9. The standard InChI is InChI=1S/C24H30N2O4/c1-24(22(27)29-2,12-18-13-25-20-6-4-3-5-19(18)20)26-23(28)30-21-16-8-14-7-15(10-16)11-17(21)9-14/h3-6,13-17,21,25H,7-12H2,1-2H3,(H,26,28)/t14?,15?,16?,17?,21?,24-/m1/s1. The first-order valence-electron chi connectivity index (χ1n) is 11.1. The summed E-state index contributed by atoms with van der Waals surface area (Å²) in [5.74, 6) is 2.11. The van der Waals surface area contributed by atoms with E-state index in [0.29, 0.717) is 18.3 Å². The van der Waals surface area contributed by atoms with Crippen LogP contribution in [0.25, 0.3) is 10.9 Å². The second-order valence-electron chi connectivity index (χ2n) is 9.79. The Morgan fingerprint density at radius 2 is 1.77 bits per heavy atom. The molecule has 2 N–H and O–H groups in total. The van der Waals surface area contributed by atoms with Crippen LogP contribution in [0.1, 0.15) is 44.6 Å². The lowest BCUT2D eigenvalue weighted by atomic mass is 9.55. The van der Waals surface area contributed by atoms with E-state index in [-0.39, 0.29) is 6.10 Å². The fraction of sp³-hybridized carbons (Fsp3) is 0.583. The van der Waals surface area contributed by atoms with Gasteiger partial charge in [0.05, 0.1) is 7.11 Å². The number of aromatic nitrogens is 1. The molecular formula is C24H30N2O4. The minimum atomic E-state index is -1.21. The van der Waals surface area contributed by atoms with Gasteiger partial charge in [0.15, 0.2) is 0 Å². The first kappa shape index (κ1) is 19.5. The van der Waals surface area contributed by atoms with Crippen LogP contribution in [0.5, 0.6) is 0 Å². The molecule has 0 saturated heterocycles. The lowest BCUT2D eigenvalue weighted by Gasteiger charge is -2.53. The second kappa shape index (κ2) is 7.33. The van der Waals surface area contributed by atoms with Crippen molar-refractivity contribution in [3.8, 4) is 0 Å². The van der Waals surface area contributed by atoms with Crippen LogP contribution in [0.15, 0.2) is 30.5 Å². The fourth-order valence-corrected chi connectivity index (χ4v) is 6.50. The number of fused-ring (bicyclic) bond motifs is 1. The Balaban J connectivity index is 1.32. The van der Waals surface area contributed by atoms with Gasteiger partial charge in [-0.05, 0) is 74.3 Å². The second-order valence-corrected chi connectivity index (χ2v) is 9.79. The van der Waals surface area contributed by atoms with Crippen LogP contribution < -0.4 is 5.32 Å². The normalized spacial score (nSPS) is 31.3. The van der Waals surface area contributed by atoms with Gasteiger partial charge in [0.1, 0.15) is 11.6 Å². The maximum absolute atomic E-state index is 12.9. The van der Waals surface area contributed by atoms with Gasteiger partial charge < -0.3 is 19.8 Å². The highest BCUT2D eigenvalue weighted by molar-refractivity contribution is 5.88. The highest BCUT2D eigenvalue weighted by Crippen LogP contribution is 2.54. The van der Waals surface area contributed by atoms with E-state index in [9.17, 15) is 9.59 Å². The smallest absolute Gasteiger partial charge is 0.408 e. The third-order valence-corrected chi connectivity index (χ3v) is 7.62. The van der Waals surface area contributed by atoms with E-state index in [1.54, 1.807) is 6.92 Å². The molecule has 1 atom stereocenters. The molecule has 1 aromatic carbocycles. The van der Waals surface area contributed by atoms with E-state index >= 15 is 0 Å². The molecule has 1 amide bonds. The van der Waals surface area contributed by atoms with Gasteiger partial charge in [-0.2, -0.15) is 0 Å². The van der Waals surface area contributed by atoms with Crippen LogP contribution in [0, 0.1) is 23.7 Å². The Labute approximate surface area is 176 Å². The van der Waals surface area contributed by atoms with E-state index in [0.717, 1.165) is 28.3 Å². The van der Waals surface area contributed by atoms with Gasteiger partial charge in [0.25, 0.3) is 0 Å². The Morgan fingerprint density at radius 1 is 1.10 bits per heavy atom. The highest BCUT2D eigenvalue weighted by Gasteiger charge is 2.50. The first-order chi connectivity index (χ1) is 14.4. The zero-order chi connectivity index (χ0) is 20.9. The molecular weight excluding hydrogens is 380 g/mol. The van der Waals surface area contributed by atoms with E-state index in [2.05, 4.69) is 10.3 Å². The van der Waals surface area contributed by atoms with Gasteiger partial charge in [-0.15, -0.1) is 0 Å². The molecule has 6 rings (SSSR count). The summed E-state index contributed by atoms with van der Waals surface area (Å²) in [6.45, 7) is 1.71. The number of carbonyl (C=O) groups excluding carboxylic acids is 2. The quantitative estimate of drug-likeness (QED) is 0.724. The zero-order valence-corrected chi connectivity index (χ0v) is 17.6. The number of ether oxygens (including phenoxy) is 2. The Morgan fingerprint density at radius 3 is 2.43 bits per heavy atom. The number of para-hydroxylation sites is 1. The zero-order valence-electron chi connectivity index (χ0n) is 17.6. The molecule has 0 aliphatic heterocycles. The fourth-order valence-electron chi connectivity index (χ4n) is 6.50. The number of aromatic amines is 1. The largest absolute Gasteiger partial charge is 0.467 e. The summed E-state index contributed by atoms with van der Waals surface area (Å²) in [6, 6.07) is 7.92. The summed E-state index contributed by atoms with van der Waals surface area (Å²) in [5.41, 5.74) is 0.743. The van der Waals surface area contributed by atoms with Crippen molar-refractivity contribution in [2.24, 2.45) is 23.7 Å². The summed E-state index contributed by atoms with van der Waals surface area (Å²) in [7, 11) is 1.35. The maximum Gasteiger partial charge on any atom is 0.408 e. The molecule has 4 aliphatic rings. The minimum absolute atomic E-state index is 0.0206.